The zero-order chi connectivity index (χ0) is 33.4. The second kappa shape index (κ2) is 15.6. The van der Waals surface area contributed by atoms with Crippen LogP contribution < -0.4 is 9.62 Å². The summed E-state index contributed by atoms with van der Waals surface area (Å²) in [5.74, 6) is -0.747. The average Bonchev–Trinajstić information content (AvgIpc) is 3.06. The van der Waals surface area contributed by atoms with Crippen molar-refractivity contribution in [3.8, 4) is 0 Å². The molecule has 0 radical (unpaired) electrons. The van der Waals surface area contributed by atoms with Crippen molar-refractivity contribution in [1.82, 2.24) is 10.2 Å². The van der Waals surface area contributed by atoms with Crippen molar-refractivity contribution in [3.63, 3.8) is 0 Å². The highest BCUT2D eigenvalue weighted by molar-refractivity contribution is 7.92. The molecule has 4 aromatic rings. The molecular formula is C38H42ClN3O4S. The predicted octanol–water partition coefficient (Wildman–Crippen LogP) is 7.24. The number of carbonyl (C=O) groups is 2. The largest absolute Gasteiger partial charge is 0.352 e. The van der Waals surface area contributed by atoms with Gasteiger partial charge < -0.3 is 10.2 Å². The molecule has 246 valence electrons. The summed E-state index contributed by atoms with van der Waals surface area (Å²) in [6.45, 7) is 3.36. The summed E-state index contributed by atoms with van der Waals surface area (Å²) in [7, 11) is -4.16. The SMILES string of the molecule is Cc1cc(C)cc(N(CC(=O)N(Cc2cccc(Cl)c2)[C@H](Cc2ccccc2)C(=O)NC2CCCCC2)S(=O)(=O)c2ccccc2)c1. The summed E-state index contributed by atoms with van der Waals surface area (Å²) in [5, 5.41) is 3.74. The normalized spacial score (nSPS) is 14.3. The number of aryl methyl sites for hydroxylation is 2. The van der Waals surface area contributed by atoms with Crippen molar-refractivity contribution in [2.75, 3.05) is 10.8 Å². The van der Waals surface area contributed by atoms with E-state index >= 15 is 0 Å². The molecule has 5 rings (SSSR count). The number of hydrogen-bond acceptors (Lipinski definition) is 4. The van der Waals surface area contributed by atoms with Gasteiger partial charge in [-0.25, -0.2) is 8.42 Å². The smallest absolute Gasteiger partial charge is 0.264 e. The molecule has 2 amide bonds. The Morgan fingerprint density at radius 1 is 0.809 bits per heavy atom. The summed E-state index contributed by atoms with van der Waals surface area (Å²) >= 11 is 6.36. The first-order valence-corrected chi connectivity index (χ1v) is 18.0. The van der Waals surface area contributed by atoms with E-state index in [1.807, 2.05) is 56.3 Å². The lowest BCUT2D eigenvalue weighted by Gasteiger charge is -2.35. The van der Waals surface area contributed by atoms with Crippen molar-refractivity contribution in [2.45, 2.75) is 75.9 Å². The number of anilines is 1. The summed E-state index contributed by atoms with van der Waals surface area (Å²) in [5.41, 5.74) is 3.74. The van der Waals surface area contributed by atoms with E-state index in [9.17, 15) is 18.0 Å². The molecule has 1 aliphatic carbocycles. The molecule has 7 nitrogen and oxygen atoms in total. The molecule has 0 aromatic heterocycles. The Labute approximate surface area is 283 Å². The third-order valence-electron chi connectivity index (χ3n) is 8.57. The highest BCUT2D eigenvalue weighted by Crippen LogP contribution is 2.27. The van der Waals surface area contributed by atoms with Crippen molar-refractivity contribution in [1.29, 1.82) is 0 Å². The van der Waals surface area contributed by atoms with E-state index in [0.29, 0.717) is 10.7 Å². The van der Waals surface area contributed by atoms with Gasteiger partial charge in [0, 0.05) is 24.0 Å². The minimum absolute atomic E-state index is 0.0304. The van der Waals surface area contributed by atoms with Crippen LogP contribution in [0.3, 0.4) is 0 Å². The molecule has 1 N–H and O–H groups in total. The molecule has 0 bridgehead atoms. The fourth-order valence-corrected chi connectivity index (χ4v) is 7.91. The van der Waals surface area contributed by atoms with Gasteiger partial charge in [-0.15, -0.1) is 0 Å². The van der Waals surface area contributed by atoms with Crippen LogP contribution in [0.1, 0.15) is 54.4 Å². The topological polar surface area (TPSA) is 86.8 Å². The van der Waals surface area contributed by atoms with E-state index in [4.69, 9.17) is 11.6 Å². The highest BCUT2D eigenvalue weighted by Gasteiger charge is 2.35. The maximum atomic E-state index is 14.7. The Balaban J connectivity index is 1.58. The number of halogens is 1. The van der Waals surface area contributed by atoms with Crippen molar-refractivity contribution in [3.05, 3.63) is 130 Å². The quantitative estimate of drug-likeness (QED) is 0.172. The molecular weight excluding hydrogens is 630 g/mol. The zero-order valence-electron chi connectivity index (χ0n) is 26.9. The van der Waals surface area contributed by atoms with Gasteiger partial charge in [-0.1, -0.05) is 97.6 Å². The van der Waals surface area contributed by atoms with Gasteiger partial charge in [0.2, 0.25) is 11.8 Å². The first-order valence-electron chi connectivity index (χ1n) is 16.1. The van der Waals surface area contributed by atoms with Gasteiger partial charge in [0.15, 0.2) is 0 Å². The molecule has 9 heteroatoms. The predicted molar refractivity (Wildman–Crippen MR) is 188 cm³/mol. The van der Waals surface area contributed by atoms with Crippen LogP contribution in [0, 0.1) is 13.8 Å². The molecule has 1 saturated carbocycles. The number of sulfonamides is 1. The fourth-order valence-electron chi connectivity index (χ4n) is 6.27. The minimum Gasteiger partial charge on any atom is -0.352 e. The first kappa shape index (κ1) is 34.2. The maximum absolute atomic E-state index is 14.7. The van der Waals surface area contributed by atoms with E-state index in [1.165, 1.54) is 17.0 Å². The Hall–Kier alpha value is -4.14. The Kier molecular flexibility index (Phi) is 11.4. The second-order valence-corrected chi connectivity index (χ2v) is 14.7. The van der Waals surface area contributed by atoms with E-state index in [1.54, 1.807) is 48.5 Å². The monoisotopic (exact) mass is 671 g/mol. The molecule has 1 aliphatic rings. The molecule has 4 aromatic carbocycles. The first-order chi connectivity index (χ1) is 22.6. The second-order valence-electron chi connectivity index (χ2n) is 12.4. The number of rotatable bonds is 12. The van der Waals surface area contributed by atoms with Gasteiger partial charge in [-0.2, -0.15) is 0 Å². The molecule has 1 fully saturated rings. The van der Waals surface area contributed by atoms with Crippen molar-refractivity contribution < 1.29 is 18.0 Å². The molecule has 0 unspecified atom stereocenters. The number of hydrogen-bond donors (Lipinski definition) is 1. The number of amides is 2. The summed E-state index contributed by atoms with van der Waals surface area (Å²) in [4.78, 5) is 30.5. The lowest BCUT2D eigenvalue weighted by atomic mass is 9.94. The number of nitrogens with one attached hydrogen (secondary N) is 1. The summed E-state index contributed by atoms with van der Waals surface area (Å²) in [6.07, 6.45) is 5.27. The molecule has 0 heterocycles. The zero-order valence-corrected chi connectivity index (χ0v) is 28.5. The van der Waals surface area contributed by atoms with Crippen LogP contribution in [-0.2, 0) is 32.6 Å². The highest BCUT2D eigenvalue weighted by atomic mass is 35.5. The van der Waals surface area contributed by atoms with E-state index in [0.717, 1.165) is 58.7 Å². The molecule has 0 aliphatic heterocycles. The molecule has 0 saturated heterocycles. The van der Waals surface area contributed by atoms with Gasteiger partial charge in [0.05, 0.1) is 10.6 Å². The van der Waals surface area contributed by atoms with E-state index < -0.39 is 28.5 Å². The van der Waals surface area contributed by atoms with Crippen LogP contribution in [0.15, 0.2) is 108 Å². The standard InChI is InChI=1S/C38H42ClN3O4S/c1-28-21-29(2)23-34(22-28)42(47(45,46)35-19-10-5-11-20-35)27-37(43)41(26-31-15-12-16-32(39)24-31)36(25-30-13-6-3-7-14-30)38(44)40-33-17-8-4-9-18-33/h3,5-7,10-16,19-24,33,36H,4,8-9,17-18,25-27H2,1-2H3,(H,40,44)/t36-/m1/s1. The number of carbonyl (C=O) groups excluding carboxylic acids is 2. The summed E-state index contributed by atoms with van der Waals surface area (Å²) in [6, 6.07) is 29.5. The van der Waals surface area contributed by atoms with Crippen molar-refractivity contribution >= 4 is 39.1 Å². The van der Waals surface area contributed by atoms with Gasteiger partial charge >= 0.3 is 0 Å². The molecule has 0 spiro atoms. The Morgan fingerprint density at radius 2 is 1.43 bits per heavy atom. The molecule has 47 heavy (non-hydrogen) atoms. The minimum atomic E-state index is -4.16. The van der Waals surface area contributed by atoms with Crippen LogP contribution in [0.4, 0.5) is 5.69 Å². The Morgan fingerprint density at radius 3 is 2.06 bits per heavy atom. The van der Waals surface area contributed by atoms with Gasteiger partial charge in [-0.3, -0.25) is 13.9 Å². The number of nitrogens with zero attached hydrogens (tertiary/aromatic N) is 2. The van der Waals surface area contributed by atoms with Crippen LogP contribution in [0.25, 0.3) is 0 Å². The van der Waals surface area contributed by atoms with Gasteiger partial charge in [-0.05, 0) is 85.3 Å². The lowest BCUT2D eigenvalue weighted by Crippen LogP contribution is -2.55. The van der Waals surface area contributed by atoms with Crippen molar-refractivity contribution in [2.24, 2.45) is 0 Å². The third kappa shape index (κ3) is 9.02. The lowest BCUT2D eigenvalue weighted by molar-refractivity contribution is -0.140. The summed E-state index contributed by atoms with van der Waals surface area (Å²) < 4.78 is 29.6. The number of benzene rings is 4. The Bertz CT molecular complexity index is 1760. The van der Waals surface area contributed by atoms with Gasteiger partial charge in [0.25, 0.3) is 10.0 Å². The van der Waals surface area contributed by atoms with E-state index in [2.05, 4.69) is 5.32 Å². The van der Waals surface area contributed by atoms with E-state index in [-0.39, 0.29) is 29.8 Å². The average molecular weight is 672 g/mol. The van der Waals surface area contributed by atoms with Gasteiger partial charge in [0.1, 0.15) is 12.6 Å². The van der Waals surface area contributed by atoms with Crippen LogP contribution >= 0.6 is 11.6 Å². The molecule has 1 atom stereocenters. The van der Waals surface area contributed by atoms with Crippen LogP contribution in [0.2, 0.25) is 5.02 Å². The van der Waals surface area contributed by atoms with Crippen LogP contribution in [0.5, 0.6) is 0 Å². The fraction of sp³-hybridized carbons (Fsp3) is 0.316. The van der Waals surface area contributed by atoms with Crippen LogP contribution in [-0.4, -0.2) is 43.8 Å². The maximum Gasteiger partial charge on any atom is 0.264 e. The third-order valence-corrected chi connectivity index (χ3v) is 10.6.